The Morgan fingerprint density at radius 3 is 2.52 bits per heavy atom. The highest BCUT2D eigenvalue weighted by Gasteiger charge is 2.02. The molecular weight excluding hydrogens is 356 g/mol. The molecule has 0 spiro atoms. The molecule has 0 bridgehead atoms. The van der Waals surface area contributed by atoms with Gasteiger partial charge in [0.15, 0.2) is 0 Å². The van der Waals surface area contributed by atoms with Gasteiger partial charge in [0, 0.05) is 9.92 Å². The number of amides is 1. The topological polar surface area (TPSA) is 50.7 Å². The van der Waals surface area contributed by atoms with Gasteiger partial charge in [-0.25, -0.2) is 5.43 Å². The maximum absolute atomic E-state index is 11.8. The van der Waals surface area contributed by atoms with Crippen molar-refractivity contribution in [3.63, 3.8) is 0 Å². The molecule has 0 radical (unpaired) electrons. The zero-order valence-corrected chi connectivity index (χ0v) is 15.8. The number of ether oxygens (including phenoxy) is 1. The van der Waals surface area contributed by atoms with Gasteiger partial charge in [0.2, 0.25) is 5.91 Å². The molecule has 2 rings (SSSR count). The van der Waals surface area contributed by atoms with Crippen molar-refractivity contribution in [2.45, 2.75) is 18.7 Å². The fourth-order valence-corrected chi connectivity index (χ4v) is 2.62. The maximum Gasteiger partial charge on any atom is 0.250 e. The van der Waals surface area contributed by atoms with E-state index in [-0.39, 0.29) is 5.91 Å². The smallest absolute Gasteiger partial charge is 0.250 e. The van der Waals surface area contributed by atoms with Gasteiger partial charge in [-0.1, -0.05) is 25.4 Å². The predicted molar refractivity (Wildman–Crippen MR) is 105 cm³/mol. The average molecular weight is 377 g/mol. The van der Waals surface area contributed by atoms with Crippen molar-refractivity contribution in [3.05, 3.63) is 59.1 Å². The number of carbonyl (C=O) groups is 1. The summed E-state index contributed by atoms with van der Waals surface area (Å²) in [6.45, 7) is 4.90. The predicted octanol–water partition coefficient (Wildman–Crippen LogP) is 4.62. The van der Waals surface area contributed by atoms with Gasteiger partial charge in [0.05, 0.1) is 18.6 Å². The van der Waals surface area contributed by atoms with Crippen molar-refractivity contribution < 1.29 is 9.53 Å². The Hall–Kier alpha value is -1.98. The highest BCUT2D eigenvalue weighted by Crippen LogP contribution is 2.19. The average Bonchev–Trinajstić information content (AvgIpc) is 2.60. The Kier molecular flexibility index (Phi) is 7.82. The van der Waals surface area contributed by atoms with Crippen LogP contribution >= 0.6 is 23.4 Å². The summed E-state index contributed by atoms with van der Waals surface area (Å²) in [6.07, 6.45) is 1.61. The molecule has 0 aliphatic carbocycles. The van der Waals surface area contributed by atoms with Crippen molar-refractivity contribution in [2.75, 3.05) is 12.4 Å². The molecule has 2 aromatic rings. The lowest BCUT2D eigenvalue weighted by Crippen LogP contribution is -2.19. The first-order valence-corrected chi connectivity index (χ1v) is 9.32. The zero-order chi connectivity index (χ0) is 18.1. The number of nitrogens with one attached hydrogen (secondary N) is 1. The molecule has 0 fully saturated rings. The first kappa shape index (κ1) is 19.3. The van der Waals surface area contributed by atoms with Crippen LogP contribution in [0.3, 0.4) is 0 Å². The van der Waals surface area contributed by atoms with Crippen molar-refractivity contribution >= 4 is 35.5 Å². The Labute approximate surface area is 157 Å². The lowest BCUT2D eigenvalue weighted by Gasteiger charge is -2.08. The van der Waals surface area contributed by atoms with Gasteiger partial charge in [0.1, 0.15) is 5.75 Å². The lowest BCUT2D eigenvalue weighted by atomic mass is 10.2. The number of hydrazone groups is 1. The third-order valence-corrected chi connectivity index (χ3v) is 4.31. The van der Waals surface area contributed by atoms with Gasteiger partial charge in [-0.15, -0.1) is 11.8 Å². The van der Waals surface area contributed by atoms with E-state index in [1.165, 1.54) is 11.8 Å². The summed E-state index contributed by atoms with van der Waals surface area (Å²) in [5.74, 6) is 1.45. The molecule has 1 N–H and O–H groups in total. The summed E-state index contributed by atoms with van der Waals surface area (Å²) in [5, 5.41) is 4.65. The lowest BCUT2D eigenvalue weighted by molar-refractivity contribution is -0.118. The summed E-state index contributed by atoms with van der Waals surface area (Å²) in [6, 6.07) is 14.9. The molecule has 0 saturated carbocycles. The molecule has 6 heteroatoms. The molecule has 0 heterocycles. The second kappa shape index (κ2) is 10.1. The van der Waals surface area contributed by atoms with E-state index < -0.39 is 0 Å². The number of benzene rings is 2. The van der Waals surface area contributed by atoms with Crippen LogP contribution in [0, 0.1) is 5.92 Å². The number of hydrogen-bond donors (Lipinski definition) is 1. The van der Waals surface area contributed by atoms with Gasteiger partial charge in [-0.05, 0) is 60.0 Å². The van der Waals surface area contributed by atoms with E-state index in [2.05, 4.69) is 24.4 Å². The molecule has 1 amide bonds. The Morgan fingerprint density at radius 2 is 1.88 bits per heavy atom. The molecule has 0 aromatic heterocycles. The van der Waals surface area contributed by atoms with Crippen LogP contribution in [0.2, 0.25) is 5.02 Å². The Bertz CT molecular complexity index is 700. The van der Waals surface area contributed by atoms with Gasteiger partial charge in [-0.3, -0.25) is 4.79 Å². The van der Waals surface area contributed by atoms with Crippen LogP contribution in [0.4, 0.5) is 0 Å². The van der Waals surface area contributed by atoms with Crippen LogP contribution in [-0.2, 0) is 4.79 Å². The fraction of sp³-hybridized carbons (Fsp3) is 0.263. The summed E-state index contributed by atoms with van der Waals surface area (Å²) in [4.78, 5) is 12.8. The Morgan fingerprint density at radius 1 is 1.20 bits per heavy atom. The number of rotatable bonds is 8. The summed E-state index contributed by atoms with van der Waals surface area (Å²) in [7, 11) is 0. The molecule has 0 aliphatic heterocycles. The second-order valence-corrected chi connectivity index (χ2v) is 7.29. The van der Waals surface area contributed by atoms with E-state index in [0.29, 0.717) is 23.3 Å². The third-order valence-electron chi connectivity index (χ3n) is 3.05. The number of halogens is 1. The van der Waals surface area contributed by atoms with Crippen LogP contribution in [0.15, 0.2) is 58.5 Å². The number of hydrogen-bond acceptors (Lipinski definition) is 4. The van der Waals surface area contributed by atoms with E-state index >= 15 is 0 Å². The first-order valence-electron chi connectivity index (χ1n) is 7.96. The highest BCUT2D eigenvalue weighted by molar-refractivity contribution is 8.00. The summed E-state index contributed by atoms with van der Waals surface area (Å²) < 4.78 is 5.62. The molecule has 2 aromatic carbocycles. The van der Waals surface area contributed by atoms with E-state index in [9.17, 15) is 4.79 Å². The largest absolute Gasteiger partial charge is 0.493 e. The minimum Gasteiger partial charge on any atom is -0.493 e. The molecule has 4 nitrogen and oxygen atoms in total. The van der Waals surface area contributed by atoms with Crippen molar-refractivity contribution in [2.24, 2.45) is 11.0 Å². The molecule has 132 valence electrons. The second-order valence-electron chi connectivity index (χ2n) is 5.81. The fourth-order valence-electron chi connectivity index (χ4n) is 1.80. The number of carbonyl (C=O) groups excluding carboxylic acids is 1. The minimum absolute atomic E-state index is 0.159. The zero-order valence-electron chi connectivity index (χ0n) is 14.2. The van der Waals surface area contributed by atoms with Crippen LogP contribution in [0.1, 0.15) is 19.4 Å². The van der Waals surface area contributed by atoms with Crippen LogP contribution < -0.4 is 10.2 Å². The van der Waals surface area contributed by atoms with E-state index in [4.69, 9.17) is 16.3 Å². The Balaban J connectivity index is 1.74. The minimum atomic E-state index is -0.159. The molecule has 0 saturated heterocycles. The van der Waals surface area contributed by atoms with Crippen molar-refractivity contribution in [3.8, 4) is 5.75 Å². The standard InChI is InChI=1S/C19H21ClN2O2S/c1-14(2)12-24-17-7-3-15(4-8-17)11-21-22-19(23)13-25-18-9-5-16(20)6-10-18/h3-11,14H,12-13H2,1-2H3,(H,22,23)/b21-11-. The third kappa shape index (κ3) is 7.63. The van der Waals surface area contributed by atoms with E-state index in [0.717, 1.165) is 16.2 Å². The van der Waals surface area contributed by atoms with Gasteiger partial charge < -0.3 is 4.74 Å². The van der Waals surface area contributed by atoms with Crippen LogP contribution in [-0.4, -0.2) is 24.5 Å². The summed E-state index contributed by atoms with van der Waals surface area (Å²) in [5.41, 5.74) is 3.41. The summed E-state index contributed by atoms with van der Waals surface area (Å²) >= 11 is 7.26. The van der Waals surface area contributed by atoms with Crippen molar-refractivity contribution in [1.29, 1.82) is 0 Å². The van der Waals surface area contributed by atoms with Crippen molar-refractivity contribution in [1.82, 2.24) is 5.43 Å². The van der Waals surface area contributed by atoms with Crippen LogP contribution in [0.25, 0.3) is 0 Å². The SMILES string of the molecule is CC(C)COc1ccc(/C=N\NC(=O)CSc2ccc(Cl)cc2)cc1. The molecule has 0 aliphatic rings. The van der Waals surface area contributed by atoms with Gasteiger partial charge in [-0.2, -0.15) is 5.10 Å². The maximum atomic E-state index is 11.8. The quantitative estimate of drug-likeness (QED) is 0.415. The highest BCUT2D eigenvalue weighted by atomic mass is 35.5. The molecule has 0 atom stereocenters. The molecular formula is C19H21ClN2O2S. The van der Waals surface area contributed by atoms with Gasteiger partial charge in [0.25, 0.3) is 0 Å². The normalized spacial score (nSPS) is 11.0. The number of thioether (sulfide) groups is 1. The molecule has 25 heavy (non-hydrogen) atoms. The number of nitrogens with zero attached hydrogens (tertiary/aromatic N) is 1. The van der Waals surface area contributed by atoms with Gasteiger partial charge >= 0.3 is 0 Å². The first-order chi connectivity index (χ1) is 12.0. The van der Waals surface area contributed by atoms with Crippen LogP contribution in [0.5, 0.6) is 5.75 Å². The van der Waals surface area contributed by atoms with E-state index in [1.807, 2.05) is 36.4 Å². The monoisotopic (exact) mass is 376 g/mol. The molecule has 0 unspecified atom stereocenters. The van der Waals surface area contributed by atoms with E-state index in [1.54, 1.807) is 18.3 Å².